The SMILES string of the molecule is CNc1ccc([N+](=O)[O-])c(N(C)CCc2ccccc2)n1. The van der Waals surface area contributed by atoms with Crippen LogP contribution in [0.2, 0.25) is 0 Å². The van der Waals surface area contributed by atoms with Gasteiger partial charge in [0.05, 0.1) is 4.92 Å². The van der Waals surface area contributed by atoms with Gasteiger partial charge in [0.1, 0.15) is 5.82 Å². The molecule has 0 fully saturated rings. The van der Waals surface area contributed by atoms with Gasteiger partial charge in [0.15, 0.2) is 0 Å². The summed E-state index contributed by atoms with van der Waals surface area (Å²) in [7, 11) is 3.56. The number of hydrogen-bond donors (Lipinski definition) is 1. The van der Waals surface area contributed by atoms with Crippen LogP contribution in [0.3, 0.4) is 0 Å². The van der Waals surface area contributed by atoms with Crippen molar-refractivity contribution in [2.24, 2.45) is 0 Å². The van der Waals surface area contributed by atoms with E-state index in [1.807, 2.05) is 42.3 Å². The first kappa shape index (κ1) is 14.8. The third kappa shape index (κ3) is 3.68. The lowest BCUT2D eigenvalue weighted by Crippen LogP contribution is -2.22. The molecule has 0 aliphatic heterocycles. The van der Waals surface area contributed by atoms with Gasteiger partial charge in [0.25, 0.3) is 0 Å². The number of likely N-dealkylation sites (N-methyl/N-ethyl adjacent to an activating group) is 1. The Hall–Kier alpha value is -2.63. The van der Waals surface area contributed by atoms with E-state index in [2.05, 4.69) is 10.3 Å². The maximum Gasteiger partial charge on any atom is 0.311 e. The van der Waals surface area contributed by atoms with Crippen molar-refractivity contribution in [3.63, 3.8) is 0 Å². The van der Waals surface area contributed by atoms with Crippen LogP contribution in [-0.2, 0) is 6.42 Å². The van der Waals surface area contributed by atoms with Gasteiger partial charge in [-0.1, -0.05) is 30.3 Å². The second-order valence-electron chi connectivity index (χ2n) is 4.70. The number of benzene rings is 1. The summed E-state index contributed by atoms with van der Waals surface area (Å²) in [6.07, 6.45) is 0.806. The van der Waals surface area contributed by atoms with Crippen LogP contribution >= 0.6 is 0 Å². The molecule has 0 spiro atoms. The fourth-order valence-electron chi connectivity index (χ4n) is 2.05. The lowest BCUT2D eigenvalue weighted by atomic mass is 10.1. The van der Waals surface area contributed by atoms with Gasteiger partial charge < -0.3 is 10.2 Å². The molecule has 6 heteroatoms. The Morgan fingerprint density at radius 2 is 1.95 bits per heavy atom. The largest absolute Gasteiger partial charge is 0.373 e. The Bertz CT molecular complexity index is 616. The summed E-state index contributed by atoms with van der Waals surface area (Å²) in [5.41, 5.74) is 1.21. The molecule has 0 radical (unpaired) electrons. The predicted molar refractivity (Wildman–Crippen MR) is 83.9 cm³/mol. The number of nitrogens with one attached hydrogen (secondary N) is 1. The quantitative estimate of drug-likeness (QED) is 0.653. The molecular weight excluding hydrogens is 268 g/mol. The standard InChI is InChI=1S/C15H18N4O2/c1-16-14-9-8-13(19(20)21)15(17-14)18(2)11-10-12-6-4-3-5-7-12/h3-9H,10-11H2,1-2H3,(H,16,17). The topological polar surface area (TPSA) is 71.3 Å². The zero-order chi connectivity index (χ0) is 15.2. The Balaban J connectivity index is 2.17. The van der Waals surface area contributed by atoms with Crippen molar-refractivity contribution in [1.29, 1.82) is 0 Å². The van der Waals surface area contributed by atoms with Gasteiger partial charge in [0, 0.05) is 26.7 Å². The van der Waals surface area contributed by atoms with E-state index in [-0.39, 0.29) is 5.69 Å². The van der Waals surface area contributed by atoms with Gasteiger partial charge in [-0.25, -0.2) is 4.98 Å². The van der Waals surface area contributed by atoms with Crippen LogP contribution in [0.1, 0.15) is 5.56 Å². The average molecular weight is 286 g/mol. The van der Waals surface area contributed by atoms with E-state index in [1.165, 1.54) is 11.6 Å². The molecule has 2 rings (SSSR count). The van der Waals surface area contributed by atoms with E-state index in [4.69, 9.17) is 0 Å². The minimum Gasteiger partial charge on any atom is -0.373 e. The van der Waals surface area contributed by atoms with E-state index in [9.17, 15) is 10.1 Å². The van der Waals surface area contributed by atoms with Crippen molar-refractivity contribution >= 4 is 17.3 Å². The summed E-state index contributed by atoms with van der Waals surface area (Å²) in [5.74, 6) is 0.991. The van der Waals surface area contributed by atoms with Gasteiger partial charge in [-0.2, -0.15) is 0 Å². The highest BCUT2D eigenvalue weighted by molar-refractivity contribution is 5.61. The molecule has 1 aromatic carbocycles. The van der Waals surface area contributed by atoms with Crippen LogP contribution in [0.4, 0.5) is 17.3 Å². The molecule has 110 valence electrons. The Kier molecular flexibility index (Phi) is 4.71. The molecule has 0 saturated heterocycles. The van der Waals surface area contributed by atoms with E-state index in [1.54, 1.807) is 13.1 Å². The van der Waals surface area contributed by atoms with E-state index in [0.29, 0.717) is 18.2 Å². The maximum absolute atomic E-state index is 11.1. The van der Waals surface area contributed by atoms with Crippen LogP contribution < -0.4 is 10.2 Å². The minimum absolute atomic E-state index is 0.0181. The Morgan fingerprint density at radius 3 is 2.57 bits per heavy atom. The van der Waals surface area contributed by atoms with Crippen molar-refractivity contribution in [3.05, 3.63) is 58.1 Å². The highest BCUT2D eigenvalue weighted by Crippen LogP contribution is 2.26. The molecule has 0 unspecified atom stereocenters. The number of pyridine rings is 1. The van der Waals surface area contributed by atoms with Crippen molar-refractivity contribution in [2.45, 2.75) is 6.42 Å². The number of hydrogen-bond acceptors (Lipinski definition) is 5. The van der Waals surface area contributed by atoms with Crippen LogP contribution in [0.25, 0.3) is 0 Å². The normalized spacial score (nSPS) is 10.2. The summed E-state index contributed by atoms with van der Waals surface area (Å²) in [4.78, 5) is 16.8. The van der Waals surface area contributed by atoms with Crippen molar-refractivity contribution < 1.29 is 4.92 Å². The summed E-state index contributed by atoms with van der Waals surface area (Å²) in [6.45, 7) is 0.658. The molecule has 0 amide bonds. The maximum atomic E-state index is 11.1. The molecule has 0 aliphatic rings. The van der Waals surface area contributed by atoms with Gasteiger partial charge in [-0.3, -0.25) is 10.1 Å². The zero-order valence-electron chi connectivity index (χ0n) is 12.1. The van der Waals surface area contributed by atoms with Crippen LogP contribution in [0.15, 0.2) is 42.5 Å². The predicted octanol–water partition coefficient (Wildman–Crippen LogP) is 2.71. The molecule has 6 nitrogen and oxygen atoms in total. The fourth-order valence-corrected chi connectivity index (χ4v) is 2.05. The molecule has 21 heavy (non-hydrogen) atoms. The van der Waals surface area contributed by atoms with Gasteiger partial charge in [-0.15, -0.1) is 0 Å². The summed E-state index contributed by atoms with van der Waals surface area (Å²) in [6, 6.07) is 13.1. The molecular formula is C15H18N4O2. The summed E-state index contributed by atoms with van der Waals surface area (Å²) in [5, 5.41) is 14.0. The monoisotopic (exact) mass is 286 g/mol. The van der Waals surface area contributed by atoms with Crippen molar-refractivity contribution in [1.82, 2.24) is 4.98 Å². The van der Waals surface area contributed by atoms with Crippen molar-refractivity contribution in [2.75, 3.05) is 30.9 Å². The molecule has 1 aromatic heterocycles. The average Bonchev–Trinajstić information content (AvgIpc) is 2.52. The van der Waals surface area contributed by atoms with Crippen molar-refractivity contribution in [3.8, 4) is 0 Å². The number of nitrogens with zero attached hydrogens (tertiary/aromatic N) is 3. The molecule has 1 heterocycles. The molecule has 0 aliphatic carbocycles. The molecule has 0 saturated carbocycles. The smallest absolute Gasteiger partial charge is 0.311 e. The first-order valence-corrected chi connectivity index (χ1v) is 6.70. The lowest BCUT2D eigenvalue weighted by Gasteiger charge is -2.18. The third-order valence-corrected chi connectivity index (χ3v) is 3.25. The van der Waals surface area contributed by atoms with Crippen LogP contribution in [-0.4, -0.2) is 30.5 Å². The van der Waals surface area contributed by atoms with Gasteiger partial charge >= 0.3 is 5.69 Å². The second kappa shape index (κ2) is 6.69. The fraction of sp³-hybridized carbons (Fsp3) is 0.267. The molecule has 1 N–H and O–H groups in total. The van der Waals surface area contributed by atoms with Crippen LogP contribution in [0, 0.1) is 10.1 Å². The lowest BCUT2D eigenvalue weighted by molar-refractivity contribution is -0.384. The highest BCUT2D eigenvalue weighted by atomic mass is 16.6. The molecule has 0 bridgehead atoms. The van der Waals surface area contributed by atoms with Gasteiger partial charge in [-0.05, 0) is 18.1 Å². The number of nitro groups is 1. The molecule has 2 aromatic rings. The highest BCUT2D eigenvalue weighted by Gasteiger charge is 2.19. The second-order valence-corrected chi connectivity index (χ2v) is 4.70. The number of anilines is 2. The first-order valence-electron chi connectivity index (χ1n) is 6.70. The zero-order valence-corrected chi connectivity index (χ0v) is 12.1. The summed E-state index contributed by atoms with van der Waals surface area (Å²) >= 11 is 0. The first-order chi connectivity index (χ1) is 10.1. The Labute approximate surface area is 123 Å². The number of aromatic nitrogens is 1. The minimum atomic E-state index is -0.402. The van der Waals surface area contributed by atoms with Gasteiger partial charge in [0.2, 0.25) is 5.82 Å². The third-order valence-electron chi connectivity index (χ3n) is 3.25. The Morgan fingerprint density at radius 1 is 1.24 bits per heavy atom. The van der Waals surface area contributed by atoms with E-state index < -0.39 is 4.92 Å². The van der Waals surface area contributed by atoms with E-state index in [0.717, 1.165) is 6.42 Å². The molecule has 0 atom stereocenters. The van der Waals surface area contributed by atoms with E-state index >= 15 is 0 Å². The number of rotatable bonds is 6. The van der Waals surface area contributed by atoms with Crippen LogP contribution in [0.5, 0.6) is 0 Å². The summed E-state index contributed by atoms with van der Waals surface area (Å²) < 4.78 is 0.